The third-order valence-corrected chi connectivity index (χ3v) is 8.34. The molecule has 7 unspecified atom stereocenters. The van der Waals surface area contributed by atoms with Crippen molar-refractivity contribution in [3.8, 4) is 0 Å². The molecule has 1 saturated heterocycles. The number of unbranched alkanes of at least 4 members (excludes halogenated alkanes) is 9. The van der Waals surface area contributed by atoms with Crippen LogP contribution in [0.25, 0.3) is 0 Å². The summed E-state index contributed by atoms with van der Waals surface area (Å²) in [6, 6.07) is -0.833. The molecule has 0 bridgehead atoms. The summed E-state index contributed by atoms with van der Waals surface area (Å²) in [6.07, 6.45) is 32.5. The standard InChI is InChI=1S/C40H67NO8/c1-3-5-7-9-11-13-14-15-16-17-18-19-20-22-24-26-28-30-36(44)41-33(34(43)29-27-25-23-21-12-10-8-6-4-2)32-48-40-39(47)38(46)37(45)35(31-42)49-40/h4-7,11-13,15-16,21,27,29,33-35,37-40,42-43,45-47H,3,8-10,14,17-20,22-26,28,30-32H2,1-2H3,(H,41,44)/b6-4+,7-5-,13-11-,16-15-,21-12+,29-27+. The van der Waals surface area contributed by atoms with Crippen LogP contribution >= 0.6 is 0 Å². The molecule has 0 aromatic rings. The molecular formula is C40H67NO8. The summed E-state index contributed by atoms with van der Waals surface area (Å²) < 4.78 is 11.1. The van der Waals surface area contributed by atoms with E-state index < -0.39 is 49.5 Å². The van der Waals surface area contributed by atoms with Crippen molar-refractivity contribution in [3.63, 3.8) is 0 Å². The van der Waals surface area contributed by atoms with Crippen molar-refractivity contribution in [2.75, 3.05) is 13.2 Å². The lowest BCUT2D eigenvalue weighted by molar-refractivity contribution is -0.302. The van der Waals surface area contributed by atoms with Gasteiger partial charge in [0.05, 0.1) is 25.4 Å². The van der Waals surface area contributed by atoms with E-state index in [1.54, 1.807) is 6.08 Å². The minimum Gasteiger partial charge on any atom is -0.394 e. The zero-order valence-corrected chi connectivity index (χ0v) is 30.2. The Kier molecular flexibility index (Phi) is 27.8. The minimum atomic E-state index is -1.58. The molecule has 9 nitrogen and oxygen atoms in total. The summed E-state index contributed by atoms with van der Waals surface area (Å²) in [5.41, 5.74) is 0. The van der Waals surface area contributed by atoms with E-state index in [0.717, 1.165) is 77.0 Å². The first kappa shape index (κ1) is 44.7. The molecule has 1 aliphatic heterocycles. The molecule has 1 heterocycles. The Hall–Kier alpha value is -2.37. The Morgan fingerprint density at radius 1 is 0.735 bits per heavy atom. The molecule has 1 rings (SSSR count). The van der Waals surface area contributed by atoms with Gasteiger partial charge in [0.2, 0.25) is 5.91 Å². The fourth-order valence-electron chi connectivity index (χ4n) is 5.32. The lowest BCUT2D eigenvalue weighted by atomic mass is 9.99. The van der Waals surface area contributed by atoms with E-state index in [0.29, 0.717) is 6.42 Å². The van der Waals surface area contributed by atoms with Gasteiger partial charge in [0.25, 0.3) is 0 Å². The first-order valence-electron chi connectivity index (χ1n) is 18.6. The number of allylic oxidation sites excluding steroid dienone is 11. The van der Waals surface area contributed by atoms with Crippen molar-refractivity contribution in [1.82, 2.24) is 5.32 Å². The third-order valence-electron chi connectivity index (χ3n) is 8.34. The van der Waals surface area contributed by atoms with Crippen LogP contribution in [0.15, 0.2) is 72.9 Å². The van der Waals surface area contributed by atoms with Gasteiger partial charge < -0.3 is 40.3 Å². The minimum absolute atomic E-state index is 0.210. The van der Waals surface area contributed by atoms with E-state index in [1.807, 2.05) is 19.1 Å². The number of nitrogens with one attached hydrogen (secondary N) is 1. The summed E-state index contributed by atoms with van der Waals surface area (Å²) in [5, 5.41) is 53.7. The maximum atomic E-state index is 12.8. The SMILES string of the molecule is C/C=C/CC/C=C/CC/C=C/C(O)C(COC1OC(CO)C(O)C(O)C1O)NC(=O)CCCCCCCCC/C=C\C/C=C\C/C=C\CC. The monoisotopic (exact) mass is 689 g/mol. The van der Waals surface area contributed by atoms with Crippen molar-refractivity contribution < 1.29 is 39.8 Å². The van der Waals surface area contributed by atoms with Crippen LogP contribution in [0.2, 0.25) is 0 Å². The Bertz CT molecular complexity index is 989. The maximum Gasteiger partial charge on any atom is 0.220 e. The molecule has 280 valence electrons. The molecule has 0 spiro atoms. The predicted molar refractivity (Wildman–Crippen MR) is 198 cm³/mol. The molecule has 1 aliphatic rings. The average Bonchev–Trinajstić information content (AvgIpc) is 3.10. The first-order chi connectivity index (χ1) is 23.8. The van der Waals surface area contributed by atoms with Gasteiger partial charge in [0, 0.05) is 6.42 Å². The lowest BCUT2D eigenvalue weighted by Gasteiger charge is -2.40. The predicted octanol–water partition coefficient (Wildman–Crippen LogP) is 6.27. The highest BCUT2D eigenvalue weighted by atomic mass is 16.7. The third kappa shape index (κ3) is 22.1. The normalized spacial score (nSPS) is 23.3. The fraction of sp³-hybridized carbons (Fsp3) is 0.675. The van der Waals surface area contributed by atoms with Gasteiger partial charge in [-0.2, -0.15) is 0 Å². The molecule has 0 saturated carbocycles. The van der Waals surface area contributed by atoms with Crippen molar-refractivity contribution in [3.05, 3.63) is 72.9 Å². The Labute approximate surface area is 296 Å². The lowest BCUT2D eigenvalue weighted by Crippen LogP contribution is -2.60. The summed E-state index contributed by atoms with van der Waals surface area (Å²) >= 11 is 0. The van der Waals surface area contributed by atoms with Gasteiger partial charge in [-0.3, -0.25) is 4.79 Å². The Morgan fingerprint density at radius 2 is 1.31 bits per heavy atom. The topological polar surface area (TPSA) is 149 Å². The molecular weight excluding hydrogens is 622 g/mol. The molecule has 1 fully saturated rings. The van der Waals surface area contributed by atoms with Crippen LogP contribution in [0.4, 0.5) is 0 Å². The van der Waals surface area contributed by atoms with Crippen molar-refractivity contribution >= 4 is 5.91 Å². The second-order valence-electron chi connectivity index (χ2n) is 12.6. The van der Waals surface area contributed by atoms with Crippen LogP contribution in [0.3, 0.4) is 0 Å². The Morgan fingerprint density at radius 3 is 1.96 bits per heavy atom. The van der Waals surface area contributed by atoms with E-state index in [2.05, 4.69) is 66.9 Å². The van der Waals surface area contributed by atoms with Crippen LogP contribution in [0, 0.1) is 0 Å². The van der Waals surface area contributed by atoms with E-state index in [9.17, 15) is 30.3 Å². The molecule has 6 N–H and O–H groups in total. The van der Waals surface area contributed by atoms with E-state index in [-0.39, 0.29) is 12.5 Å². The number of ether oxygens (including phenoxy) is 2. The summed E-state index contributed by atoms with van der Waals surface area (Å²) in [6.45, 7) is 3.35. The molecule has 0 aromatic carbocycles. The van der Waals surface area contributed by atoms with Crippen LogP contribution in [0.5, 0.6) is 0 Å². The van der Waals surface area contributed by atoms with Gasteiger partial charge in [-0.25, -0.2) is 0 Å². The second kappa shape index (κ2) is 30.5. The van der Waals surface area contributed by atoms with Gasteiger partial charge in [0.15, 0.2) is 6.29 Å². The number of rotatable bonds is 28. The highest BCUT2D eigenvalue weighted by molar-refractivity contribution is 5.76. The molecule has 9 heteroatoms. The highest BCUT2D eigenvalue weighted by Crippen LogP contribution is 2.22. The van der Waals surface area contributed by atoms with Crippen molar-refractivity contribution in [2.24, 2.45) is 0 Å². The molecule has 1 amide bonds. The zero-order valence-electron chi connectivity index (χ0n) is 30.2. The van der Waals surface area contributed by atoms with Gasteiger partial charge in [-0.15, -0.1) is 0 Å². The largest absolute Gasteiger partial charge is 0.394 e. The van der Waals surface area contributed by atoms with Gasteiger partial charge in [-0.1, -0.05) is 112 Å². The van der Waals surface area contributed by atoms with Gasteiger partial charge >= 0.3 is 0 Å². The average molecular weight is 690 g/mol. The summed E-state index contributed by atoms with van der Waals surface area (Å²) in [7, 11) is 0. The van der Waals surface area contributed by atoms with E-state index >= 15 is 0 Å². The quantitative estimate of drug-likeness (QED) is 0.0416. The molecule has 0 aromatic heterocycles. The number of carbonyl (C=O) groups is 1. The summed E-state index contributed by atoms with van der Waals surface area (Å²) in [4.78, 5) is 12.8. The summed E-state index contributed by atoms with van der Waals surface area (Å²) in [5.74, 6) is -0.210. The number of hydrogen-bond acceptors (Lipinski definition) is 8. The number of aliphatic hydroxyl groups excluding tert-OH is 5. The van der Waals surface area contributed by atoms with Crippen molar-refractivity contribution in [2.45, 2.75) is 159 Å². The second-order valence-corrected chi connectivity index (χ2v) is 12.6. The maximum absolute atomic E-state index is 12.8. The van der Waals surface area contributed by atoms with Crippen LogP contribution < -0.4 is 5.32 Å². The smallest absolute Gasteiger partial charge is 0.220 e. The first-order valence-corrected chi connectivity index (χ1v) is 18.6. The number of carbonyl (C=O) groups excluding carboxylic acids is 1. The number of hydrogen-bond donors (Lipinski definition) is 6. The molecule has 0 radical (unpaired) electrons. The van der Waals surface area contributed by atoms with Crippen LogP contribution in [-0.4, -0.2) is 87.5 Å². The van der Waals surface area contributed by atoms with Crippen molar-refractivity contribution in [1.29, 1.82) is 0 Å². The Balaban J connectivity index is 2.44. The zero-order chi connectivity index (χ0) is 36.0. The van der Waals surface area contributed by atoms with E-state index in [4.69, 9.17) is 9.47 Å². The molecule has 0 aliphatic carbocycles. The molecule has 49 heavy (non-hydrogen) atoms. The van der Waals surface area contributed by atoms with Crippen LogP contribution in [0.1, 0.15) is 117 Å². The van der Waals surface area contributed by atoms with Crippen LogP contribution in [-0.2, 0) is 14.3 Å². The van der Waals surface area contributed by atoms with Gasteiger partial charge in [0.1, 0.15) is 24.4 Å². The molecule has 7 atom stereocenters. The van der Waals surface area contributed by atoms with E-state index in [1.165, 1.54) is 19.3 Å². The fourth-order valence-corrected chi connectivity index (χ4v) is 5.32. The number of aliphatic hydroxyl groups is 5. The highest BCUT2D eigenvalue weighted by Gasteiger charge is 2.44. The number of amides is 1. The van der Waals surface area contributed by atoms with Gasteiger partial charge in [-0.05, 0) is 71.1 Å².